The molecule has 1 heterocycles. The normalized spacial score (nSPS) is 22.5. The Morgan fingerprint density at radius 1 is 0.857 bits per heavy atom. The first-order valence-corrected chi connectivity index (χ1v) is 7.14. The zero-order valence-corrected chi connectivity index (χ0v) is 11.7. The Labute approximate surface area is 123 Å². The number of aliphatic hydroxyl groups excluding tert-OH is 1. The lowest BCUT2D eigenvalue weighted by molar-refractivity contribution is 0.0620. The van der Waals surface area contributed by atoms with Crippen LogP contribution in [0, 0.1) is 0 Å². The molecule has 2 unspecified atom stereocenters. The van der Waals surface area contributed by atoms with Gasteiger partial charge in [-0.15, -0.1) is 0 Å². The molecule has 3 N–H and O–H groups in total. The Bertz CT molecular complexity index is 615. The molecule has 110 valence electrons. The summed E-state index contributed by atoms with van der Waals surface area (Å²) in [6.45, 7) is -0.0358. The van der Waals surface area contributed by atoms with Crippen molar-refractivity contribution >= 4 is 0 Å². The number of aliphatic hydroxyl groups is 1. The van der Waals surface area contributed by atoms with E-state index in [1.54, 1.807) is 12.1 Å². The zero-order valence-electron chi connectivity index (χ0n) is 11.7. The summed E-state index contributed by atoms with van der Waals surface area (Å²) in [7, 11) is 0. The van der Waals surface area contributed by atoms with Crippen LogP contribution in [0.25, 0.3) is 0 Å². The van der Waals surface area contributed by atoms with Gasteiger partial charge in [-0.05, 0) is 36.1 Å². The first-order chi connectivity index (χ1) is 10.2. The van der Waals surface area contributed by atoms with Crippen LogP contribution in [0.5, 0.6) is 11.5 Å². The third-order valence-corrected chi connectivity index (χ3v) is 4.25. The van der Waals surface area contributed by atoms with Gasteiger partial charge in [-0.25, -0.2) is 0 Å². The second kappa shape index (κ2) is 5.76. The van der Waals surface area contributed by atoms with Crippen molar-refractivity contribution < 1.29 is 15.3 Å². The molecular formula is C17H19NO3. The van der Waals surface area contributed by atoms with Gasteiger partial charge >= 0.3 is 0 Å². The maximum Gasteiger partial charge on any atom is 0.157 e. The third-order valence-electron chi connectivity index (χ3n) is 4.25. The fourth-order valence-corrected chi connectivity index (χ4v) is 3.20. The van der Waals surface area contributed by atoms with Gasteiger partial charge in [0.15, 0.2) is 11.5 Å². The smallest absolute Gasteiger partial charge is 0.157 e. The van der Waals surface area contributed by atoms with Crippen LogP contribution < -0.4 is 0 Å². The highest BCUT2D eigenvalue weighted by molar-refractivity contribution is 5.42. The van der Waals surface area contributed by atoms with Crippen LogP contribution >= 0.6 is 0 Å². The predicted octanol–water partition coefficient (Wildman–Crippen LogP) is 2.93. The molecule has 0 radical (unpaired) electrons. The van der Waals surface area contributed by atoms with E-state index in [9.17, 15) is 15.3 Å². The minimum absolute atomic E-state index is 0.0358. The van der Waals surface area contributed by atoms with E-state index in [-0.39, 0.29) is 30.3 Å². The molecule has 1 fully saturated rings. The lowest BCUT2D eigenvalue weighted by Crippen LogP contribution is -2.27. The van der Waals surface area contributed by atoms with Crippen LogP contribution in [0.3, 0.4) is 0 Å². The Morgan fingerprint density at radius 2 is 1.52 bits per heavy atom. The van der Waals surface area contributed by atoms with Crippen LogP contribution in [0.15, 0.2) is 48.5 Å². The van der Waals surface area contributed by atoms with Crippen molar-refractivity contribution in [3.8, 4) is 11.5 Å². The van der Waals surface area contributed by atoms with Gasteiger partial charge in [0.05, 0.1) is 6.73 Å². The van der Waals surface area contributed by atoms with Gasteiger partial charge < -0.3 is 15.3 Å². The molecule has 0 spiro atoms. The van der Waals surface area contributed by atoms with Crippen molar-refractivity contribution in [2.75, 3.05) is 6.73 Å². The third kappa shape index (κ3) is 2.60. The van der Waals surface area contributed by atoms with Crippen molar-refractivity contribution in [2.24, 2.45) is 0 Å². The van der Waals surface area contributed by atoms with Crippen LogP contribution in [0.4, 0.5) is 0 Å². The fourth-order valence-electron chi connectivity index (χ4n) is 3.20. The summed E-state index contributed by atoms with van der Waals surface area (Å²) in [6, 6.07) is 15.2. The standard InChI is InChI=1S/C17H19NO3/c19-11-18-14(12-4-2-1-3-5-12)7-8-15(18)13-6-9-16(20)17(21)10-13/h1-6,9-10,14-15,19-21H,7-8,11H2. The maximum absolute atomic E-state index is 9.77. The van der Waals surface area contributed by atoms with Crippen LogP contribution in [-0.2, 0) is 0 Å². The van der Waals surface area contributed by atoms with Crippen LogP contribution in [0.1, 0.15) is 36.1 Å². The number of benzene rings is 2. The van der Waals surface area contributed by atoms with Crippen LogP contribution in [-0.4, -0.2) is 27.0 Å². The molecule has 21 heavy (non-hydrogen) atoms. The number of hydrogen-bond acceptors (Lipinski definition) is 4. The Morgan fingerprint density at radius 3 is 2.14 bits per heavy atom. The summed E-state index contributed by atoms with van der Waals surface area (Å²) in [5.41, 5.74) is 2.11. The minimum atomic E-state index is -0.119. The van der Waals surface area contributed by atoms with Gasteiger partial charge in [0.2, 0.25) is 0 Å². The van der Waals surface area contributed by atoms with Crippen molar-refractivity contribution in [1.82, 2.24) is 4.90 Å². The lowest BCUT2D eigenvalue weighted by Gasteiger charge is -2.28. The van der Waals surface area contributed by atoms with E-state index in [0.717, 1.165) is 18.4 Å². The first-order valence-electron chi connectivity index (χ1n) is 7.14. The van der Waals surface area contributed by atoms with Gasteiger partial charge in [-0.2, -0.15) is 0 Å². The number of aromatic hydroxyl groups is 2. The van der Waals surface area contributed by atoms with E-state index in [1.807, 2.05) is 23.1 Å². The highest BCUT2D eigenvalue weighted by atomic mass is 16.3. The first kappa shape index (κ1) is 13.9. The quantitative estimate of drug-likeness (QED) is 0.759. The molecule has 1 saturated heterocycles. The Hall–Kier alpha value is -2.04. The SMILES string of the molecule is OCN1C(c2ccccc2)CCC1c1ccc(O)c(O)c1. The van der Waals surface area contributed by atoms with Crippen LogP contribution in [0.2, 0.25) is 0 Å². The summed E-state index contributed by atoms with van der Waals surface area (Å²) in [4.78, 5) is 2.03. The summed E-state index contributed by atoms with van der Waals surface area (Å²) < 4.78 is 0. The average molecular weight is 285 g/mol. The number of rotatable bonds is 3. The molecule has 0 aliphatic carbocycles. The van der Waals surface area contributed by atoms with Crippen molar-refractivity contribution in [2.45, 2.75) is 24.9 Å². The second-order valence-corrected chi connectivity index (χ2v) is 5.42. The molecule has 0 saturated carbocycles. The van der Waals surface area contributed by atoms with Gasteiger partial charge in [-0.3, -0.25) is 4.90 Å². The van der Waals surface area contributed by atoms with Gasteiger partial charge in [0, 0.05) is 12.1 Å². The van der Waals surface area contributed by atoms with E-state index in [0.29, 0.717) is 0 Å². The topological polar surface area (TPSA) is 63.9 Å². The number of hydrogen-bond donors (Lipinski definition) is 3. The Balaban J connectivity index is 1.89. The lowest BCUT2D eigenvalue weighted by atomic mass is 10.0. The van der Waals surface area contributed by atoms with Crippen molar-refractivity contribution in [1.29, 1.82) is 0 Å². The van der Waals surface area contributed by atoms with Gasteiger partial charge in [0.25, 0.3) is 0 Å². The molecular weight excluding hydrogens is 266 g/mol. The molecule has 0 bridgehead atoms. The molecule has 0 aromatic heterocycles. The summed E-state index contributed by atoms with van der Waals surface area (Å²) in [5, 5.41) is 28.9. The fraction of sp³-hybridized carbons (Fsp3) is 0.294. The maximum atomic E-state index is 9.77. The zero-order chi connectivity index (χ0) is 14.8. The van der Waals surface area contributed by atoms with Gasteiger partial charge in [-0.1, -0.05) is 36.4 Å². The summed E-state index contributed by atoms with van der Waals surface area (Å²) in [5.74, 6) is -0.236. The summed E-state index contributed by atoms with van der Waals surface area (Å²) in [6.07, 6.45) is 1.86. The van der Waals surface area contributed by atoms with Gasteiger partial charge in [0.1, 0.15) is 0 Å². The van der Waals surface area contributed by atoms with E-state index in [1.165, 1.54) is 11.6 Å². The number of nitrogens with zero attached hydrogens (tertiary/aromatic N) is 1. The molecule has 2 atom stereocenters. The molecule has 1 aliphatic rings. The van der Waals surface area contributed by atoms with E-state index in [2.05, 4.69) is 12.1 Å². The highest BCUT2D eigenvalue weighted by Crippen LogP contribution is 2.44. The molecule has 0 amide bonds. The molecule has 4 nitrogen and oxygen atoms in total. The Kier molecular flexibility index (Phi) is 3.82. The van der Waals surface area contributed by atoms with E-state index < -0.39 is 0 Å². The van der Waals surface area contributed by atoms with Crippen molar-refractivity contribution in [3.63, 3.8) is 0 Å². The van der Waals surface area contributed by atoms with E-state index in [4.69, 9.17) is 0 Å². The number of likely N-dealkylation sites (tertiary alicyclic amines) is 1. The van der Waals surface area contributed by atoms with E-state index >= 15 is 0 Å². The van der Waals surface area contributed by atoms with Crippen molar-refractivity contribution in [3.05, 3.63) is 59.7 Å². The monoisotopic (exact) mass is 285 g/mol. The molecule has 2 aromatic rings. The molecule has 4 heteroatoms. The molecule has 1 aliphatic heterocycles. The number of phenols is 2. The number of phenolic OH excluding ortho intramolecular Hbond substituents is 2. The predicted molar refractivity (Wildman–Crippen MR) is 79.9 cm³/mol. The average Bonchev–Trinajstić information content (AvgIpc) is 2.94. The highest BCUT2D eigenvalue weighted by Gasteiger charge is 2.34. The largest absolute Gasteiger partial charge is 0.504 e. The second-order valence-electron chi connectivity index (χ2n) is 5.42. The minimum Gasteiger partial charge on any atom is -0.504 e. The molecule has 2 aromatic carbocycles. The molecule has 3 rings (SSSR count). The summed E-state index contributed by atoms with van der Waals surface area (Å²) >= 11 is 0.